The summed E-state index contributed by atoms with van der Waals surface area (Å²) < 4.78 is 4.38. The molecule has 0 spiro atoms. The van der Waals surface area contributed by atoms with Crippen molar-refractivity contribution in [1.29, 1.82) is 0 Å². The lowest BCUT2D eigenvalue weighted by Gasteiger charge is -2.20. The molecule has 1 atom stereocenters. The molecule has 0 aromatic rings. The van der Waals surface area contributed by atoms with Crippen molar-refractivity contribution in [3.8, 4) is 0 Å². The Bertz CT molecular complexity index is 223. The van der Waals surface area contributed by atoms with Gasteiger partial charge in [0.15, 0.2) is 0 Å². The van der Waals surface area contributed by atoms with E-state index in [-0.39, 0.29) is 17.4 Å². The average molecular weight is 276 g/mol. The van der Waals surface area contributed by atoms with Crippen molar-refractivity contribution < 1.29 is 14.3 Å². The molecule has 0 aromatic heterocycles. The molecule has 0 heterocycles. The van der Waals surface area contributed by atoms with Crippen LogP contribution in [0.4, 0.5) is 0 Å². The number of nitrogens with zero attached hydrogens (tertiary/aromatic N) is 1. The van der Waals surface area contributed by atoms with Gasteiger partial charge in [-0.15, -0.1) is 0 Å². The maximum Gasteiger partial charge on any atom is 0.319 e. The zero-order valence-electron chi connectivity index (χ0n) is 13.8. The summed E-state index contributed by atoms with van der Waals surface area (Å²) in [6.45, 7) is 10.4. The van der Waals surface area contributed by atoms with Crippen molar-refractivity contribution in [2.24, 2.45) is 11.1 Å². The number of methoxy groups -OCH3 is 1. The summed E-state index contributed by atoms with van der Waals surface area (Å²) in [7, 11) is 5.01. The number of nitrogens with two attached hydrogens (primary N) is 1. The number of ether oxygens (including phenoxy) is 1. The maximum absolute atomic E-state index is 10.4. The van der Waals surface area contributed by atoms with Crippen molar-refractivity contribution in [2.45, 2.75) is 47.1 Å². The molecular weight excluding hydrogens is 244 g/mol. The zero-order chi connectivity index (χ0) is 16.1. The summed E-state index contributed by atoms with van der Waals surface area (Å²) in [5.74, 6) is -0.199. The monoisotopic (exact) mass is 276 g/mol. The second kappa shape index (κ2) is 13.5. The average Bonchev–Trinajstić information content (AvgIpc) is 2.27. The van der Waals surface area contributed by atoms with Crippen LogP contribution in [0.2, 0.25) is 0 Å². The Morgan fingerprint density at radius 3 is 1.74 bits per heavy atom. The van der Waals surface area contributed by atoms with E-state index in [1.54, 1.807) is 4.90 Å². The number of hydrogen-bond donors (Lipinski definition) is 1. The van der Waals surface area contributed by atoms with Crippen molar-refractivity contribution in [3.63, 3.8) is 0 Å². The third-order valence-corrected chi connectivity index (χ3v) is 1.82. The smallest absolute Gasteiger partial charge is 0.319 e. The van der Waals surface area contributed by atoms with E-state index in [2.05, 4.69) is 18.6 Å². The predicted octanol–water partition coefficient (Wildman–Crippen LogP) is 1.70. The lowest BCUT2D eigenvalue weighted by molar-refractivity contribution is -0.141. The Kier molecular flexibility index (Phi) is 16.5. The zero-order valence-corrected chi connectivity index (χ0v) is 13.8. The number of likely N-dealkylation sites (N-methyl/N-ethyl adjacent to an activating group) is 1. The van der Waals surface area contributed by atoms with E-state index in [0.717, 1.165) is 6.29 Å². The van der Waals surface area contributed by atoms with Crippen LogP contribution in [0.15, 0.2) is 0 Å². The molecule has 1 unspecified atom stereocenters. The molecule has 0 saturated carbocycles. The highest BCUT2D eigenvalue weighted by Crippen LogP contribution is 2.14. The first-order chi connectivity index (χ1) is 8.56. The molecule has 116 valence electrons. The van der Waals surface area contributed by atoms with Crippen LogP contribution < -0.4 is 5.73 Å². The van der Waals surface area contributed by atoms with Gasteiger partial charge >= 0.3 is 5.97 Å². The van der Waals surface area contributed by atoms with Crippen molar-refractivity contribution in [1.82, 2.24) is 4.90 Å². The summed E-state index contributed by atoms with van der Waals surface area (Å²) in [6, 6.07) is -0.331. The number of esters is 1. The van der Waals surface area contributed by atoms with Gasteiger partial charge < -0.3 is 15.3 Å². The molecule has 2 N–H and O–H groups in total. The molecule has 0 rings (SSSR count). The van der Waals surface area contributed by atoms with E-state index < -0.39 is 0 Å². The molecule has 0 aliphatic rings. The first-order valence-corrected chi connectivity index (χ1v) is 6.49. The standard InChI is InChI=1S/C6H13NO.C5H11NO2.C3H8/c1-6(2,3)5(7)4-8;1-6(2)4-5(7)8-3;1-3-2/h4-5H,7H2,1-3H3;4H2,1-3H3;3H2,1-2H3. The van der Waals surface area contributed by atoms with Crippen molar-refractivity contribution in [2.75, 3.05) is 27.7 Å². The highest BCUT2D eigenvalue weighted by molar-refractivity contribution is 5.71. The van der Waals surface area contributed by atoms with E-state index >= 15 is 0 Å². The van der Waals surface area contributed by atoms with Gasteiger partial charge in [-0.1, -0.05) is 41.0 Å². The van der Waals surface area contributed by atoms with E-state index in [1.807, 2.05) is 34.9 Å². The van der Waals surface area contributed by atoms with Gasteiger partial charge in [-0.05, 0) is 19.5 Å². The van der Waals surface area contributed by atoms with Gasteiger partial charge in [0.2, 0.25) is 0 Å². The van der Waals surface area contributed by atoms with Gasteiger partial charge in [-0.3, -0.25) is 9.69 Å². The molecule has 0 aliphatic carbocycles. The Hall–Kier alpha value is -0.940. The van der Waals surface area contributed by atoms with Gasteiger partial charge in [0.05, 0.1) is 19.7 Å². The molecule has 19 heavy (non-hydrogen) atoms. The predicted molar refractivity (Wildman–Crippen MR) is 80.0 cm³/mol. The van der Waals surface area contributed by atoms with Crippen LogP contribution in [0, 0.1) is 5.41 Å². The quantitative estimate of drug-likeness (QED) is 0.627. The van der Waals surface area contributed by atoms with Crippen LogP contribution in [0.5, 0.6) is 0 Å². The molecule has 0 radical (unpaired) electrons. The van der Waals surface area contributed by atoms with Crippen LogP contribution in [-0.2, 0) is 14.3 Å². The first kappa shape index (κ1) is 23.2. The van der Waals surface area contributed by atoms with E-state index in [0.29, 0.717) is 6.54 Å². The van der Waals surface area contributed by atoms with Crippen LogP contribution in [0.1, 0.15) is 41.0 Å². The summed E-state index contributed by atoms with van der Waals surface area (Å²) >= 11 is 0. The molecule has 0 bridgehead atoms. The number of carbonyl (C=O) groups excluding carboxylic acids is 2. The van der Waals surface area contributed by atoms with Gasteiger partial charge in [-0.2, -0.15) is 0 Å². The maximum atomic E-state index is 10.4. The lowest BCUT2D eigenvalue weighted by Crippen LogP contribution is -2.36. The fourth-order valence-electron chi connectivity index (χ4n) is 0.527. The van der Waals surface area contributed by atoms with Gasteiger partial charge in [0, 0.05) is 0 Å². The van der Waals surface area contributed by atoms with Crippen LogP contribution in [0.3, 0.4) is 0 Å². The van der Waals surface area contributed by atoms with E-state index in [9.17, 15) is 9.59 Å². The number of rotatable bonds is 3. The Balaban J connectivity index is -0.000000224. The molecule has 0 fully saturated rings. The summed E-state index contributed by atoms with van der Waals surface area (Å²) in [6.07, 6.45) is 2.03. The van der Waals surface area contributed by atoms with Crippen LogP contribution in [0.25, 0.3) is 0 Å². The Morgan fingerprint density at radius 1 is 1.32 bits per heavy atom. The van der Waals surface area contributed by atoms with E-state index in [1.165, 1.54) is 13.5 Å². The number of carbonyl (C=O) groups is 2. The third kappa shape index (κ3) is 22.7. The second-order valence-corrected chi connectivity index (χ2v) is 5.55. The van der Waals surface area contributed by atoms with Crippen LogP contribution in [-0.4, -0.2) is 50.9 Å². The Morgan fingerprint density at radius 2 is 1.68 bits per heavy atom. The second-order valence-electron chi connectivity index (χ2n) is 5.55. The Labute approximate surface area is 118 Å². The number of aldehydes is 1. The molecule has 0 amide bonds. The third-order valence-electron chi connectivity index (χ3n) is 1.82. The summed E-state index contributed by atoms with van der Waals surface area (Å²) in [5.41, 5.74) is 5.30. The summed E-state index contributed by atoms with van der Waals surface area (Å²) in [5, 5.41) is 0. The van der Waals surface area contributed by atoms with Gasteiger partial charge in [-0.25, -0.2) is 0 Å². The van der Waals surface area contributed by atoms with Gasteiger partial charge in [0.25, 0.3) is 0 Å². The summed E-state index contributed by atoms with van der Waals surface area (Å²) in [4.78, 5) is 22.1. The van der Waals surface area contributed by atoms with E-state index in [4.69, 9.17) is 5.73 Å². The highest BCUT2D eigenvalue weighted by Gasteiger charge is 2.18. The number of hydrogen-bond acceptors (Lipinski definition) is 5. The molecular formula is C14H32N2O3. The minimum Gasteiger partial charge on any atom is -0.468 e. The molecule has 0 saturated heterocycles. The van der Waals surface area contributed by atoms with Crippen molar-refractivity contribution >= 4 is 12.3 Å². The van der Waals surface area contributed by atoms with Crippen molar-refractivity contribution in [3.05, 3.63) is 0 Å². The minimum atomic E-state index is -0.331. The molecule has 0 aliphatic heterocycles. The topological polar surface area (TPSA) is 72.6 Å². The lowest BCUT2D eigenvalue weighted by atomic mass is 9.89. The first-order valence-electron chi connectivity index (χ1n) is 6.49. The largest absolute Gasteiger partial charge is 0.468 e. The fraction of sp³-hybridized carbons (Fsp3) is 0.857. The van der Waals surface area contributed by atoms with Gasteiger partial charge in [0.1, 0.15) is 6.29 Å². The molecule has 0 aromatic carbocycles. The molecule has 5 nitrogen and oxygen atoms in total. The molecule has 5 heteroatoms. The fourth-order valence-corrected chi connectivity index (χ4v) is 0.527. The highest BCUT2D eigenvalue weighted by atomic mass is 16.5. The van der Waals surface area contributed by atoms with Crippen LogP contribution >= 0.6 is 0 Å². The normalized spacial score (nSPS) is 11.5. The minimum absolute atomic E-state index is 0.0816. The SMILES string of the molecule is CC(C)(C)C(N)C=O.CCC.COC(=O)CN(C)C.